The van der Waals surface area contributed by atoms with E-state index in [0.717, 1.165) is 0 Å². The van der Waals surface area contributed by atoms with Crippen LogP contribution >= 0.6 is 34.8 Å². The molecule has 0 atom stereocenters. The molecular weight excluding hydrogens is 309 g/mol. The number of rotatable bonds is 2. The maximum absolute atomic E-state index is 12.0. The molecule has 0 fully saturated rings. The Kier molecular flexibility index (Phi) is 4.20. The molecule has 0 aliphatic rings. The van der Waals surface area contributed by atoms with Crippen molar-refractivity contribution in [3.8, 4) is 5.75 Å². The van der Waals surface area contributed by atoms with Crippen molar-refractivity contribution in [1.82, 2.24) is 0 Å². The van der Waals surface area contributed by atoms with Gasteiger partial charge in [0.2, 0.25) is 0 Å². The second kappa shape index (κ2) is 5.70. The van der Waals surface area contributed by atoms with Gasteiger partial charge >= 0.3 is 0 Å². The average molecular weight is 317 g/mol. The number of amides is 1. The number of phenolic OH excluding ortho intramolecular Hbond substituents is 1. The summed E-state index contributed by atoms with van der Waals surface area (Å²) in [7, 11) is 0. The van der Waals surface area contributed by atoms with Gasteiger partial charge in [-0.2, -0.15) is 0 Å². The number of hydrogen-bond acceptors (Lipinski definition) is 2. The fourth-order valence-electron chi connectivity index (χ4n) is 1.47. The molecule has 0 spiro atoms. The van der Waals surface area contributed by atoms with Gasteiger partial charge in [-0.15, -0.1) is 0 Å². The van der Waals surface area contributed by atoms with Crippen LogP contribution in [0.1, 0.15) is 10.4 Å². The van der Waals surface area contributed by atoms with Crippen LogP contribution in [0.25, 0.3) is 0 Å². The van der Waals surface area contributed by atoms with E-state index in [1.165, 1.54) is 30.3 Å². The van der Waals surface area contributed by atoms with E-state index in [1.807, 2.05) is 0 Å². The molecule has 0 radical (unpaired) electrons. The Morgan fingerprint density at radius 2 is 1.74 bits per heavy atom. The summed E-state index contributed by atoms with van der Waals surface area (Å²) in [4.78, 5) is 12.0. The van der Waals surface area contributed by atoms with Crippen molar-refractivity contribution >= 4 is 46.4 Å². The summed E-state index contributed by atoms with van der Waals surface area (Å²) in [5, 5.41) is 12.8. The minimum atomic E-state index is -0.408. The third-order valence-electron chi connectivity index (χ3n) is 2.38. The summed E-state index contributed by atoms with van der Waals surface area (Å²) in [5.41, 5.74) is 0.672. The number of aromatic hydroxyl groups is 1. The highest BCUT2D eigenvalue weighted by molar-refractivity contribution is 6.37. The molecule has 0 aromatic heterocycles. The van der Waals surface area contributed by atoms with Gasteiger partial charge in [0, 0.05) is 11.1 Å². The highest BCUT2D eigenvalue weighted by Gasteiger charge is 2.12. The van der Waals surface area contributed by atoms with E-state index in [9.17, 15) is 9.90 Å². The van der Waals surface area contributed by atoms with Gasteiger partial charge < -0.3 is 10.4 Å². The Balaban J connectivity index is 2.25. The molecule has 2 rings (SSSR count). The zero-order chi connectivity index (χ0) is 14.0. The molecule has 0 bridgehead atoms. The lowest BCUT2D eigenvalue weighted by Gasteiger charge is -2.08. The van der Waals surface area contributed by atoms with Crippen LogP contribution in [0, 0.1) is 0 Å². The van der Waals surface area contributed by atoms with Crippen molar-refractivity contribution in [2.75, 3.05) is 5.32 Å². The number of carbonyl (C=O) groups excluding carboxylic acids is 1. The van der Waals surface area contributed by atoms with E-state index in [-0.39, 0.29) is 21.4 Å². The summed E-state index contributed by atoms with van der Waals surface area (Å²) in [6, 6.07) is 8.83. The summed E-state index contributed by atoms with van der Waals surface area (Å²) >= 11 is 17.6. The SMILES string of the molecule is O=C(Nc1ccc(O)cc1Cl)c1ccc(Cl)cc1Cl. The van der Waals surface area contributed by atoms with Crippen LogP contribution in [-0.2, 0) is 0 Å². The molecule has 0 saturated heterocycles. The van der Waals surface area contributed by atoms with E-state index < -0.39 is 5.91 Å². The van der Waals surface area contributed by atoms with E-state index in [0.29, 0.717) is 10.7 Å². The van der Waals surface area contributed by atoms with Gasteiger partial charge in [-0.05, 0) is 30.3 Å². The van der Waals surface area contributed by atoms with Crippen LogP contribution < -0.4 is 5.32 Å². The lowest BCUT2D eigenvalue weighted by molar-refractivity contribution is 0.102. The average Bonchev–Trinajstić information content (AvgIpc) is 2.32. The summed E-state index contributed by atoms with van der Waals surface area (Å²) in [5.74, 6) is -0.387. The van der Waals surface area contributed by atoms with Crippen molar-refractivity contribution in [3.63, 3.8) is 0 Å². The summed E-state index contributed by atoms with van der Waals surface area (Å²) < 4.78 is 0. The zero-order valence-corrected chi connectivity index (χ0v) is 11.7. The second-order valence-electron chi connectivity index (χ2n) is 3.74. The lowest BCUT2D eigenvalue weighted by atomic mass is 10.2. The number of halogens is 3. The number of nitrogens with one attached hydrogen (secondary N) is 1. The molecule has 0 aliphatic heterocycles. The number of benzene rings is 2. The molecule has 19 heavy (non-hydrogen) atoms. The molecule has 98 valence electrons. The molecule has 0 heterocycles. The van der Waals surface area contributed by atoms with Crippen molar-refractivity contribution < 1.29 is 9.90 Å². The quantitative estimate of drug-likeness (QED) is 0.795. The van der Waals surface area contributed by atoms with Crippen molar-refractivity contribution in [2.45, 2.75) is 0 Å². The minimum absolute atomic E-state index is 0.0209. The van der Waals surface area contributed by atoms with Crippen LogP contribution in [0.5, 0.6) is 5.75 Å². The molecule has 1 amide bonds. The third kappa shape index (κ3) is 3.32. The molecule has 0 saturated carbocycles. The number of hydrogen-bond donors (Lipinski definition) is 2. The third-order valence-corrected chi connectivity index (χ3v) is 3.24. The maximum atomic E-state index is 12.0. The topological polar surface area (TPSA) is 49.3 Å². The first kappa shape index (κ1) is 14.0. The van der Waals surface area contributed by atoms with Gasteiger partial charge in [-0.1, -0.05) is 34.8 Å². The molecular formula is C13H8Cl3NO2. The van der Waals surface area contributed by atoms with Crippen LogP contribution in [0.4, 0.5) is 5.69 Å². The van der Waals surface area contributed by atoms with E-state index >= 15 is 0 Å². The van der Waals surface area contributed by atoms with E-state index in [2.05, 4.69) is 5.32 Å². The highest BCUT2D eigenvalue weighted by atomic mass is 35.5. The molecule has 2 aromatic rings. The largest absolute Gasteiger partial charge is 0.508 e. The van der Waals surface area contributed by atoms with Crippen LogP contribution in [0.15, 0.2) is 36.4 Å². The van der Waals surface area contributed by atoms with Crippen LogP contribution in [0.2, 0.25) is 15.1 Å². The van der Waals surface area contributed by atoms with Crippen LogP contribution in [0.3, 0.4) is 0 Å². The standard InChI is InChI=1S/C13H8Cl3NO2/c14-7-1-3-9(10(15)5-7)13(19)17-12-4-2-8(18)6-11(12)16/h1-6,18H,(H,17,19). The molecule has 0 unspecified atom stereocenters. The van der Waals surface area contributed by atoms with Gasteiger partial charge in [0.1, 0.15) is 5.75 Å². The second-order valence-corrected chi connectivity index (χ2v) is 4.99. The normalized spacial score (nSPS) is 10.3. The van der Waals surface area contributed by atoms with E-state index in [1.54, 1.807) is 6.07 Å². The minimum Gasteiger partial charge on any atom is -0.508 e. The monoisotopic (exact) mass is 315 g/mol. The predicted octanol–water partition coefficient (Wildman–Crippen LogP) is 4.60. The first-order valence-corrected chi connectivity index (χ1v) is 6.35. The Labute approximate surface area is 124 Å². The fraction of sp³-hybridized carbons (Fsp3) is 0. The number of phenols is 1. The van der Waals surface area contributed by atoms with Crippen molar-refractivity contribution in [3.05, 3.63) is 57.0 Å². The van der Waals surface area contributed by atoms with Gasteiger partial charge in [0.15, 0.2) is 0 Å². The van der Waals surface area contributed by atoms with Crippen LogP contribution in [-0.4, -0.2) is 11.0 Å². The first-order valence-electron chi connectivity index (χ1n) is 5.22. The van der Waals surface area contributed by atoms with Gasteiger partial charge in [0.25, 0.3) is 5.91 Å². The van der Waals surface area contributed by atoms with Gasteiger partial charge in [-0.25, -0.2) is 0 Å². The fourth-order valence-corrected chi connectivity index (χ4v) is 2.19. The van der Waals surface area contributed by atoms with Crippen molar-refractivity contribution in [1.29, 1.82) is 0 Å². The summed E-state index contributed by atoms with van der Waals surface area (Å²) in [6.45, 7) is 0. The number of anilines is 1. The highest BCUT2D eigenvalue weighted by Crippen LogP contribution is 2.27. The number of carbonyl (C=O) groups is 1. The molecule has 0 aliphatic carbocycles. The zero-order valence-electron chi connectivity index (χ0n) is 9.45. The first-order chi connectivity index (χ1) is 8.97. The lowest BCUT2D eigenvalue weighted by Crippen LogP contribution is -2.12. The Bertz CT molecular complexity index is 644. The maximum Gasteiger partial charge on any atom is 0.257 e. The van der Waals surface area contributed by atoms with Gasteiger partial charge in [0.05, 0.1) is 21.3 Å². The molecule has 2 aromatic carbocycles. The van der Waals surface area contributed by atoms with E-state index in [4.69, 9.17) is 34.8 Å². The predicted molar refractivity (Wildman–Crippen MR) is 77.5 cm³/mol. The Hall–Kier alpha value is -1.42. The Morgan fingerprint density at radius 1 is 1.00 bits per heavy atom. The Morgan fingerprint density at radius 3 is 2.37 bits per heavy atom. The van der Waals surface area contributed by atoms with Crippen molar-refractivity contribution in [2.24, 2.45) is 0 Å². The smallest absolute Gasteiger partial charge is 0.257 e. The molecule has 3 nitrogen and oxygen atoms in total. The van der Waals surface area contributed by atoms with Gasteiger partial charge in [-0.3, -0.25) is 4.79 Å². The molecule has 6 heteroatoms. The molecule has 2 N–H and O–H groups in total. The summed E-state index contributed by atoms with van der Waals surface area (Å²) in [6.07, 6.45) is 0.